The van der Waals surface area contributed by atoms with E-state index in [0.717, 1.165) is 6.42 Å². The third kappa shape index (κ3) is 1.48. The molecule has 0 aromatic heterocycles. The lowest BCUT2D eigenvalue weighted by molar-refractivity contribution is 1.17. The van der Waals surface area contributed by atoms with Gasteiger partial charge in [0.1, 0.15) is 0 Å². The van der Waals surface area contributed by atoms with Crippen LogP contribution >= 0.6 is 0 Å². The van der Waals surface area contributed by atoms with Crippen LogP contribution in [0.5, 0.6) is 0 Å². The largest absolute Gasteiger partial charge is 0.0616 e. The molecular weight excluding hydrogens is 240 g/mol. The Bertz CT molecular complexity index is 854. The first-order valence-corrected chi connectivity index (χ1v) is 7.27. The second-order valence-corrected chi connectivity index (χ2v) is 6.00. The van der Waals surface area contributed by atoms with Gasteiger partial charge in [-0.05, 0) is 83.0 Å². The van der Waals surface area contributed by atoms with Gasteiger partial charge in [-0.25, -0.2) is 0 Å². The molecule has 0 spiro atoms. The van der Waals surface area contributed by atoms with Crippen molar-refractivity contribution in [2.75, 3.05) is 0 Å². The molecule has 1 aliphatic rings. The quantitative estimate of drug-likeness (QED) is 0.399. The van der Waals surface area contributed by atoms with Crippen molar-refractivity contribution in [3.05, 3.63) is 70.3 Å². The van der Waals surface area contributed by atoms with Crippen molar-refractivity contribution in [2.45, 2.75) is 27.2 Å². The molecule has 0 nitrogen and oxygen atoms in total. The minimum atomic E-state index is 1.09. The first kappa shape index (κ1) is 11.7. The van der Waals surface area contributed by atoms with Crippen molar-refractivity contribution in [1.29, 1.82) is 0 Å². The summed E-state index contributed by atoms with van der Waals surface area (Å²) >= 11 is 0. The molecule has 0 bridgehead atoms. The molecule has 0 saturated heterocycles. The molecular formula is C20H18. The molecule has 1 aliphatic carbocycles. The predicted molar refractivity (Wildman–Crippen MR) is 86.4 cm³/mol. The Labute approximate surface area is 120 Å². The van der Waals surface area contributed by atoms with Crippen molar-refractivity contribution >= 4 is 10.8 Å². The molecule has 0 heterocycles. The summed E-state index contributed by atoms with van der Waals surface area (Å²) < 4.78 is 0. The highest BCUT2D eigenvalue weighted by molar-refractivity contribution is 5.92. The van der Waals surface area contributed by atoms with Gasteiger partial charge in [0.05, 0.1) is 0 Å². The Morgan fingerprint density at radius 2 is 1.45 bits per heavy atom. The lowest BCUT2D eigenvalue weighted by atomic mass is 9.94. The average molecular weight is 258 g/mol. The van der Waals surface area contributed by atoms with Crippen LogP contribution in [-0.2, 0) is 6.42 Å². The van der Waals surface area contributed by atoms with E-state index < -0.39 is 0 Å². The van der Waals surface area contributed by atoms with Crippen molar-refractivity contribution in [2.24, 2.45) is 0 Å². The summed E-state index contributed by atoms with van der Waals surface area (Å²) in [4.78, 5) is 0. The highest BCUT2D eigenvalue weighted by atomic mass is 14.3. The van der Waals surface area contributed by atoms with E-state index in [4.69, 9.17) is 0 Å². The van der Waals surface area contributed by atoms with Crippen molar-refractivity contribution in [1.82, 2.24) is 0 Å². The van der Waals surface area contributed by atoms with Gasteiger partial charge in [-0.1, -0.05) is 36.4 Å². The molecule has 0 heteroatoms. The molecule has 3 aromatic carbocycles. The van der Waals surface area contributed by atoms with Crippen LogP contribution < -0.4 is 0 Å². The van der Waals surface area contributed by atoms with E-state index in [-0.39, 0.29) is 0 Å². The van der Waals surface area contributed by atoms with Crippen LogP contribution in [-0.4, -0.2) is 0 Å². The maximum Gasteiger partial charge on any atom is -0.00105 e. The molecule has 0 fully saturated rings. The van der Waals surface area contributed by atoms with E-state index in [1.807, 2.05) is 0 Å². The summed E-state index contributed by atoms with van der Waals surface area (Å²) in [6.07, 6.45) is 1.09. The number of rotatable bonds is 0. The molecule has 3 aromatic rings. The molecule has 0 atom stereocenters. The first-order valence-electron chi connectivity index (χ1n) is 7.27. The molecule has 0 aliphatic heterocycles. The summed E-state index contributed by atoms with van der Waals surface area (Å²) in [6, 6.07) is 15.8. The predicted octanol–water partition coefficient (Wildman–Crippen LogP) is 5.34. The van der Waals surface area contributed by atoms with Gasteiger partial charge in [-0.15, -0.1) is 0 Å². The number of benzene rings is 3. The summed E-state index contributed by atoms with van der Waals surface area (Å²) in [7, 11) is 0. The summed E-state index contributed by atoms with van der Waals surface area (Å²) in [5, 5.41) is 2.69. The third-order valence-electron chi connectivity index (χ3n) is 4.92. The van der Waals surface area contributed by atoms with E-state index in [1.165, 1.54) is 49.7 Å². The SMILES string of the molecule is Cc1cc2c(c(C)c1C)Cc1cc3ccccc3cc1-2. The Kier molecular flexibility index (Phi) is 2.32. The second kappa shape index (κ2) is 3.96. The van der Waals surface area contributed by atoms with Gasteiger partial charge in [0.25, 0.3) is 0 Å². The highest BCUT2D eigenvalue weighted by Crippen LogP contribution is 2.41. The summed E-state index contributed by atoms with van der Waals surface area (Å²) in [6.45, 7) is 6.73. The molecule has 98 valence electrons. The van der Waals surface area contributed by atoms with Gasteiger partial charge in [0.2, 0.25) is 0 Å². The fourth-order valence-corrected chi connectivity index (χ4v) is 3.48. The van der Waals surface area contributed by atoms with Gasteiger partial charge in [-0.3, -0.25) is 0 Å². The van der Waals surface area contributed by atoms with Crippen molar-refractivity contribution in [3.63, 3.8) is 0 Å². The minimum absolute atomic E-state index is 1.09. The Morgan fingerprint density at radius 1 is 0.750 bits per heavy atom. The van der Waals surface area contributed by atoms with Crippen LogP contribution in [0.1, 0.15) is 27.8 Å². The highest BCUT2D eigenvalue weighted by Gasteiger charge is 2.22. The zero-order chi connectivity index (χ0) is 13.9. The zero-order valence-electron chi connectivity index (χ0n) is 12.2. The molecule has 0 radical (unpaired) electrons. The number of aryl methyl sites for hydroxylation is 1. The van der Waals surface area contributed by atoms with Gasteiger partial charge < -0.3 is 0 Å². The van der Waals surface area contributed by atoms with Gasteiger partial charge in [-0.2, -0.15) is 0 Å². The van der Waals surface area contributed by atoms with E-state index >= 15 is 0 Å². The topological polar surface area (TPSA) is 0 Å². The fourth-order valence-electron chi connectivity index (χ4n) is 3.48. The molecule has 0 saturated carbocycles. The standard InChI is InChI=1S/C20H18/c1-12-8-20-18(14(3)13(12)2)11-17-9-15-6-4-5-7-16(15)10-19(17)20/h4-10H,11H2,1-3H3. The summed E-state index contributed by atoms with van der Waals surface area (Å²) in [5.41, 5.74) is 10.2. The van der Waals surface area contributed by atoms with Gasteiger partial charge in [0.15, 0.2) is 0 Å². The van der Waals surface area contributed by atoms with Crippen LogP contribution in [0.2, 0.25) is 0 Å². The van der Waals surface area contributed by atoms with E-state index in [9.17, 15) is 0 Å². The number of fused-ring (bicyclic) bond motifs is 4. The maximum absolute atomic E-state index is 2.37. The van der Waals surface area contributed by atoms with E-state index in [0.29, 0.717) is 0 Å². The number of hydrogen-bond donors (Lipinski definition) is 0. The first-order chi connectivity index (χ1) is 9.65. The van der Waals surface area contributed by atoms with Crippen LogP contribution in [0.3, 0.4) is 0 Å². The van der Waals surface area contributed by atoms with Crippen LogP contribution in [0, 0.1) is 20.8 Å². The number of hydrogen-bond acceptors (Lipinski definition) is 0. The lowest BCUT2D eigenvalue weighted by Crippen LogP contribution is -1.93. The average Bonchev–Trinajstić information content (AvgIpc) is 2.80. The molecule has 20 heavy (non-hydrogen) atoms. The maximum atomic E-state index is 2.37. The van der Waals surface area contributed by atoms with Crippen LogP contribution in [0.25, 0.3) is 21.9 Å². The molecule has 0 amide bonds. The van der Waals surface area contributed by atoms with Crippen molar-refractivity contribution in [3.8, 4) is 11.1 Å². The smallest absolute Gasteiger partial charge is 0.00105 e. The van der Waals surface area contributed by atoms with Crippen molar-refractivity contribution < 1.29 is 0 Å². The second-order valence-electron chi connectivity index (χ2n) is 6.00. The summed E-state index contributed by atoms with van der Waals surface area (Å²) in [5.74, 6) is 0. The normalized spacial score (nSPS) is 12.6. The van der Waals surface area contributed by atoms with E-state index in [2.05, 4.69) is 63.2 Å². The molecule has 0 unspecified atom stereocenters. The van der Waals surface area contributed by atoms with Crippen LogP contribution in [0.15, 0.2) is 42.5 Å². The fraction of sp³-hybridized carbons (Fsp3) is 0.200. The van der Waals surface area contributed by atoms with E-state index in [1.54, 1.807) is 0 Å². The molecule has 0 N–H and O–H groups in total. The van der Waals surface area contributed by atoms with Gasteiger partial charge in [0, 0.05) is 0 Å². The van der Waals surface area contributed by atoms with Crippen LogP contribution in [0.4, 0.5) is 0 Å². The Morgan fingerprint density at radius 3 is 2.20 bits per heavy atom. The van der Waals surface area contributed by atoms with Gasteiger partial charge >= 0.3 is 0 Å². The molecule has 4 rings (SSSR count). The monoisotopic (exact) mass is 258 g/mol. The Hall–Kier alpha value is -2.08. The Balaban J connectivity index is 2.05. The third-order valence-corrected chi connectivity index (χ3v) is 4.92. The minimum Gasteiger partial charge on any atom is -0.0616 e. The lowest BCUT2D eigenvalue weighted by Gasteiger charge is -2.11. The zero-order valence-corrected chi connectivity index (χ0v) is 12.2.